The van der Waals surface area contributed by atoms with E-state index in [1.165, 1.54) is 27.5 Å². The topological polar surface area (TPSA) is 38.9 Å². The zero-order valence-corrected chi connectivity index (χ0v) is 18.0. The monoisotopic (exact) mass is 424 g/mol. The minimum Gasteiger partial charge on any atom is -0.453 e. The summed E-state index contributed by atoms with van der Waals surface area (Å²) in [6.45, 7) is 0. The molecule has 7 rings (SSSR count). The van der Waals surface area contributed by atoms with Crippen LogP contribution in [0.3, 0.4) is 0 Å². The van der Waals surface area contributed by atoms with Gasteiger partial charge in [0.15, 0.2) is 5.58 Å². The van der Waals surface area contributed by atoms with Gasteiger partial charge in [-0.25, -0.2) is 0 Å². The van der Waals surface area contributed by atoms with Crippen LogP contribution in [0.1, 0.15) is 11.3 Å². The summed E-state index contributed by atoms with van der Waals surface area (Å²) >= 11 is 0. The fourth-order valence-electron chi connectivity index (χ4n) is 5.14. The van der Waals surface area contributed by atoms with Crippen LogP contribution in [0.2, 0.25) is 0 Å². The van der Waals surface area contributed by atoms with Crippen LogP contribution in [0.4, 0.5) is 0 Å². The van der Waals surface area contributed by atoms with Crippen molar-refractivity contribution in [1.82, 2.24) is 9.97 Å². The Labute approximate surface area is 191 Å². The second-order valence-corrected chi connectivity index (χ2v) is 8.55. The average molecular weight is 425 g/mol. The van der Waals surface area contributed by atoms with E-state index in [1.807, 2.05) is 18.5 Å². The van der Waals surface area contributed by atoms with Crippen LogP contribution in [0.15, 0.2) is 102 Å². The number of rotatable bonds is 2. The SMILES string of the molecule is c1ccc(-c2cc(-c3nccc4c5c(oc34)-c3cccnc3CC5)cc3ccccc23)cc1. The third kappa shape index (κ3) is 2.82. The fraction of sp³-hybridized carbons (Fsp3) is 0.0667. The maximum atomic E-state index is 6.56. The van der Waals surface area contributed by atoms with Gasteiger partial charge >= 0.3 is 0 Å². The fourth-order valence-corrected chi connectivity index (χ4v) is 5.14. The Morgan fingerprint density at radius 1 is 0.636 bits per heavy atom. The third-order valence-electron chi connectivity index (χ3n) is 6.67. The van der Waals surface area contributed by atoms with Crippen LogP contribution in [-0.2, 0) is 12.8 Å². The van der Waals surface area contributed by atoms with E-state index in [2.05, 4.69) is 83.8 Å². The predicted molar refractivity (Wildman–Crippen MR) is 133 cm³/mol. The highest BCUT2D eigenvalue weighted by Crippen LogP contribution is 2.43. The van der Waals surface area contributed by atoms with Crippen molar-refractivity contribution in [2.75, 3.05) is 0 Å². The molecule has 0 N–H and O–H groups in total. The lowest BCUT2D eigenvalue weighted by Gasteiger charge is -2.13. The zero-order valence-electron chi connectivity index (χ0n) is 18.0. The van der Waals surface area contributed by atoms with Gasteiger partial charge in [0, 0.05) is 34.5 Å². The quantitative estimate of drug-likeness (QED) is 0.289. The summed E-state index contributed by atoms with van der Waals surface area (Å²) in [5.74, 6) is 0.942. The lowest BCUT2D eigenvalue weighted by Crippen LogP contribution is -2.03. The largest absolute Gasteiger partial charge is 0.453 e. The molecule has 1 aliphatic rings. The van der Waals surface area contributed by atoms with E-state index in [9.17, 15) is 0 Å². The Balaban J connectivity index is 1.50. The summed E-state index contributed by atoms with van der Waals surface area (Å²) < 4.78 is 6.56. The number of benzene rings is 3. The third-order valence-corrected chi connectivity index (χ3v) is 6.67. The predicted octanol–water partition coefficient (Wildman–Crippen LogP) is 7.48. The molecule has 0 aliphatic heterocycles. The Bertz CT molecular complexity index is 1660. The molecule has 3 aromatic carbocycles. The number of pyridine rings is 2. The van der Waals surface area contributed by atoms with Crippen LogP contribution < -0.4 is 0 Å². The molecule has 0 bridgehead atoms. The van der Waals surface area contributed by atoms with E-state index in [-0.39, 0.29) is 0 Å². The number of nitrogens with zero attached hydrogens (tertiary/aromatic N) is 2. The molecule has 0 saturated heterocycles. The average Bonchev–Trinajstić information content (AvgIpc) is 3.28. The molecule has 3 aromatic heterocycles. The van der Waals surface area contributed by atoms with Crippen molar-refractivity contribution >= 4 is 21.7 Å². The van der Waals surface area contributed by atoms with Crippen molar-refractivity contribution in [2.45, 2.75) is 12.8 Å². The Hall–Kier alpha value is -4.24. The molecular weight excluding hydrogens is 404 g/mol. The number of hydrogen-bond acceptors (Lipinski definition) is 3. The van der Waals surface area contributed by atoms with Crippen molar-refractivity contribution in [2.24, 2.45) is 0 Å². The molecule has 0 amide bonds. The number of furan rings is 1. The van der Waals surface area contributed by atoms with E-state index < -0.39 is 0 Å². The van der Waals surface area contributed by atoms with Crippen molar-refractivity contribution in [3.05, 3.63) is 109 Å². The first-order valence-corrected chi connectivity index (χ1v) is 11.3. The van der Waals surface area contributed by atoms with Gasteiger partial charge in [-0.1, -0.05) is 54.6 Å². The highest BCUT2D eigenvalue weighted by atomic mass is 16.3. The number of fused-ring (bicyclic) bond motifs is 6. The van der Waals surface area contributed by atoms with Crippen LogP contribution in [0, 0.1) is 0 Å². The highest BCUT2D eigenvalue weighted by molar-refractivity contribution is 6.03. The van der Waals surface area contributed by atoms with Gasteiger partial charge in [-0.3, -0.25) is 9.97 Å². The van der Waals surface area contributed by atoms with Crippen molar-refractivity contribution < 1.29 is 4.42 Å². The second-order valence-electron chi connectivity index (χ2n) is 8.55. The lowest BCUT2D eigenvalue weighted by molar-refractivity contribution is 0.619. The summed E-state index contributed by atoms with van der Waals surface area (Å²) in [4.78, 5) is 9.38. The number of hydrogen-bond donors (Lipinski definition) is 0. The summed E-state index contributed by atoms with van der Waals surface area (Å²) in [5.41, 5.74) is 8.67. The molecule has 6 aromatic rings. The van der Waals surface area contributed by atoms with Gasteiger partial charge in [0.2, 0.25) is 0 Å². The van der Waals surface area contributed by atoms with E-state index in [4.69, 9.17) is 9.40 Å². The smallest absolute Gasteiger partial charge is 0.161 e. The Morgan fingerprint density at radius 3 is 2.45 bits per heavy atom. The summed E-state index contributed by atoms with van der Waals surface area (Å²) in [7, 11) is 0. The van der Waals surface area contributed by atoms with Gasteiger partial charge in [-0.05, 0) is 65.1 Å². The van der Waals surface area contributed by atoms with Gasteiger partial charge in [0.05, 0.1) is 5.69 Å². The standard InChI is InChI=1S/C30H20N2O/c1-2-7-19(8-3-1)26-18-21(17-20-9-4-5-10-22(20)26)28-30-24(14-16-32-28)23-12-13-27-25(29(23)33-30)11-6-15-31-27/h1-11,14-18H,12-13H2. The molecule has 0 unspecified atom stereocenters. The maximum absolute atomic E-state index is 6.56. The first-order valence-electron chi connectivity index (χ1n) is 11.3. The Kier molecular flexibility index (Phi) is 3.97. The zero-order chi connectivity index (χ0) is 21.8. The van der Waals surface area contributed by atoms with Crippen molar-refractivity contribution in [3.8, 4) is 33.7 Å². The minimum atomic E-state index is 0.855. The molecule has 1 aliphatic carbocycles. The van der Waals surface area contributed by atoms with Crippen LogP contribution in [-0.4, -0.2) is 9.97 Å². The summed E-state index contributed by atoms with van der Waals surface area (Å²) in [5, 5.41) is 3.58. The summed E-state index contributed by atoms with van der Waals surface area (Å²) in [6, 6.07) is 29.7. The molecular formula is C30H20N2O. The molecule has 156 valence electrons. The maximum Gasteiger partial charge on any atom is 0.161 e. The molecule has 0 fully saturated rings. The normalized spacial score (nSPS) is 12.6. The lowest BCUT2D eigenvalue weighted by atomic mass is 9.92. The molecule has 3 nitrogen and oxygen atoms in total. The molecule has 0 atom stereocenters. The van der Waals surface area contributed by atoms with Gasteiger partial charge in [-0.15, -0.1) is 0 Å². The van der Waals surface area contributed by atoms with E-state index in [0.29, 0.717) is 0 Å². The number of aryl methyl sites for hydroxylation is 2. The van der Waals surface area contributed by atoms with Crippen LogP contribution >= 0.6 is 0 Å². The molecule has 0 saturated carbocycles. The van der Waals surface area contributed by atoms with E-state index in [0.717, 1.165) is 52.1 Å². The summed E-state index contributed by atoms with van der Waals surface area (Å²) in [6.07, 6.45) is 5.63. The van der Waals surface area contributed by atoms with E-state index in [1.54, 1.807) is 0 Å². The molecule has 0 spiro atoms. The Morgan fingerprint density at radius 2 is 1.52 bits per heavy atom. The van der Waals surface area contributed by atoms with E-state index >= 15 is 0 Å². The first-order chi connectivity index (χ1) is 16.4. The van der Waals surface area contributed by atoms with Crippen molar-refractivity contribution in [3.63, 3.8) is 0 Å². The van der Waals surface area contributed by atoms with Crippen LogP contribution in [0.5, 0.6) is 0 Å². The first kappa shape index (κ1) is 18.3. The second kappa shape index (κ2) is 7.14. The molecule has 33 heavy (non-hydrogen) atoms. The highest BCUT2D eigenvalue weighted by Gasteiger charge is 2.25. The number of aromatic nitrogens is 2. The van der Waals surface area contributed by atoms with Gasteiger partial charge in [0.25, 0.3) is 0 Å². The van der Waals surface area contributed by atoms with Gasteiger partial charge < -0.3 is 4.42 Å². The van der Waals surface area contributed by atoms with Gasteiger partial charge in [-0.2, -0.15) is 0 Å². The molecule has 0 radical (unpaired) electrons. The van der Waals surface area contributed by atoms with Crippen LogP contribution in [0.25, 0.3) is 55.4 Å². The minimum absolute atomic E-state index is 0.855. The van der Waals surface area contributed by atoms with Gasteiger partial charge in [0.1, 0.15) is 11.5 Å². The molecule has 3 heterocycles. The van der Waals surface area contributed by atoms with Crippen molar-refractivity contribution in [1.29, 1.82) is 0 Å². The molecule has 3 heteroatoms.